The van der Waals surface area contributed by atoms with Crippen LogP contribution >= 0.6 is 0 Å². The van der Waals surface area contributed by atoms with Crippen LogP contribution in [0.5, 0.6) is 0 Å². The van der Waals surface area contributed by atoms with Crippen molar-refractivity contribution in [2.75, 3.05) is 13.1 Å². The molecule has 1 saturated carbocycles. The summed E-state index contributed by atoms with van der Waals surface area (Å²) in [6.07, 6.45) is 7.12. The standard InChI is InChI=1S/C21H28N2O/c1-15-7-3-6-10-19(15)21-22-20(16(2)24-21)14-23-12-11-17-8-4-5-9-18(17)13-23/h3,6-7,10,17-18H,4-5,8-9,11-14H2,1-2H3/t17-,18-/m0/s1. The van der Waals surface area contributed by atoms with Crippen LogP contribution in [-0.2, 0) is 6.54 Å². The van der Waals surface area contributed by atoms with Gasteiger partial charge in [-0.05, 0) is 56.7 Å². The number of aryl methyl sites for hydroxylation is 2. The third-order valence-electron chi connectivity index (χ3n) is 6.02. The molecular weight excluding hydrogens is 296 g/mol. The second kappa shape index (κ2) is 6.72. The molecule has 0 radical (unpaired) electrons. The Kier molecular flexibility index (Phi) is 4.45. The first-order chi connectivity index (χ1) is 11.7. The van der Waals surface area contributed by atoms with E-state index >= 15 is 0 Å². The lowest BCUT2D eigenvalue weighted by Crippen LogP contribution is -2.41. The Morgan fingerprint density at radius 1 is 1.08 bits per heavy atom. The molecule has 2 aliphatic rings. The van der Waals surface area contributed by atoms with Crippen molar-refractivity contribution in [1.82, 2.24) is 9.88 Å². The van der Waals surface area contributed by atoms with Crippen LogP contribution in [0.3, 0.4) is 0 Å². The van der Waals surface area contributed by atoms with Gasteiger partial charge in [-0.3, -0.25) is 4.90 Å². The first-order valence-corrected chi connectivity index (χ1v) is 9.45. The smallest absolute Gasteiger partial charge is 0.226 e. The summed E-state index contributed by atoms with van der Waals surface area (Å²) in [4.78, 5) is 7.43. The molecule has 2 heterocycles. The predicted molar refractivity (Wildman–Crippen MR) is 96.8 cm³/mol. The number of nitrogens with zero attached hydrogens (tertiary/aromatic N) is 2. The molecule has 1 aromatic heterocycles. The summed E-state index contributed by atoms with van der Waals surface area (Å²) in [5.74, 6) is 3.64. The number of likely N-dealkylation sites (tertiary alicyclic amines) is 1. The van der Waals surface area contributed by atoms with Crippen molar-refractivity contribution in [2.24, 2.45) is 11.8 Å². The second-order valence-electron chi connectivity index (χ2n) is 7.67. The highest BCUT2D eigenvalue weighted by atomic mass is 16.4. The molecular formula is C21H28N2O. The summed E-state index contributed by atoms with van der Waals surface area (Å²) >= 11 is 0. The van der Waals surface area contributed by atoms with Crippen molar-refractivity contribution in [3.8, 4) is 11.5 Å². The van der Waals surface area contributed by atoms with E-state index in [1.54, 1.807) is 0 Å². The molecule has 24 heavy (non-hydrogen) atoms. The van der Waals surface area contributed by atoms with E-state index in [9.17, 15) is 0 Å². The molecule has 3 heteroatoms. The molecule has 1 aliphatic heterocycles. The van der Waals surface area contributed by atoms with E-state index in [0.29, 0.717) is 0 Å². The minimum Gasteiger partial charge on any atom is -0.441 e. The fraction of sp³-hybridized carbons (Fsp3) is 0.571. The van der Waals surface area contributed by atoms with Crippen LogP contribution in [0.15, 0.2) is 28.7 Å². The topological polar surface area (TPSA) is 29.3 Å². The Labute approximate surface area is 145 Å². The van der Waals surface area contributed by atoms with E-state index in [-0.39, 0.29) is 0 Å². The van der Waals surface area contributed by atoms with Crippen LogP contribution in [0.4, 0.5) is 0 Å². The number of piperidine rings is 1. The molecule has 0 bridgehead atoms. The van der Waals surface area contributed by atoms with Gasteiger partial charge in [0.2, 0.25) is 5.89 Å². The van der Waals surface area contributed by atoms with Crippen LogP contribution in [-0.4, -0.2) is 23.0 Å². The van der Waals surface area contributed by atoms with Crippen molar-refractivity contribution in [1.29, 1.82) is 0 Å². The number of hydrogen-bond donors (Lipinski definition) is 0. The van der Waals surface area contributed by atoms with Crippen molar-refractivity contribution in [2.45, 2.75) is 52.5 Å². The summed E-state index contributed by atoms with van der Waals surface area (Å²) in [6.45, 7) is 7.56. The average molecular weight is 324 g/mol. The molecule has 0 N–H and O–H groups in total. The molecule has 3 nitrogen and oxygen atoms in total. The largest absolute Gasteiger partial charge is 0.441 e. The zero-order valence-electron chi connectivity index (χ0n) is 14.9. The Morgan fingerprint density at radius 2 is 1.88 bits per heavy atom. The zero-order chi connectivity index (χ0) is 16.5. The first kappa shape index (κ1) is 15.9. The van der Waals surface area contributed by atoms with Crippen molar-refractivity contribution in [3.63, 3.8) is 0 Å². The summed E-state index contributed by atoms with van der Waals surface area (Å²) in [7, 11) is 0. The third-order valence-corrected chi connectivity index (χ3v) is 6.02. The lowest BCUT2D eigenvalue weighted by molar-refractivity contribution is 0.0810. The maximum Gasteiger partial charge on any atom is 0.226 e. The van der Waals surface area contributed by atoms with Gasteiger partial charge in [0.15, 0.2) is 0 Å². The molecule has 128 valence electrons. The average Bonchev–Trinajstić information content (AvgIpc) is 2.96. The van der Waals surface area contributed by atoms with Crippen LogP contribution < -0.4 is 0 Å². The van der Waals surface area contributed by atoms with Gasteiger partial charge in [0.25, 0.3) is 0 Å². The second-order valence-corrected chi connectivity index (χ2v) is 7.67. The van der Waals surface area contributed by atoms with Gasteiger partial charge < -0.3 is 4.42 Å². The highest BCUT2D eigenvalue weighted by Crippen LogP contribution is 2.36. The molecule has 1 saturated heterocycles. The van der Waals surface area contributed by atoms with E-state index in [1.807, 2.05) is 0 Å². The Hall–Kier alpha value is -1.61. The molecule has 2 fully saturated rings. The lowest BCUT2D eigenvalue weighted by atomic mass is 9.75. The molecule has 4 rings (SSSR count). The van der Waals surface area contributed by atoms with Crippen molar-refractivity contribution < 1.29 is 4.42 Å². The zero-order valence-corrected chi connectivity index (χ0v) is 14.9. The predicted octanol–water partition coefficient (Wildman–Crippen LogP) is 4.97. The van der Waals surface area contributed by atoms with E-state index in [4.69, 9.17) is 9.40 Å². The fourth-order valence-electron chi connectivity index (χ4n) is 4.53. The van der Waals surface area contributed by atoms with Gasteiger partial charge in [-0.15, -0.1) is 0 Å². The van der Waals surface area contributed by atoms with Gasteiger partial charge in [-0.25, -0.2) is 4.98 Å². The Morgan fingerprint density at radius 3 is 2.71 bits per heavy atom. The van der Waals surface area contributed by atoms with E-state index in [1.165, 1.54) is 50.8 Å². The van der Waals surface area contributed by atoms with Crippen LogP contribution in [0.2, 0.25) is 0 Å². The minimum absolute atomic E-state index is 0.771. The molecule has 0 spiro atoms. The minimum atomic E-state index is 0.771. The molecule has 2 atom stereocenters. The number of hydrogen-bond acceptors (Lipinski definition) is 3. The summed E-state index contributed by atoms with van der Waals surface area (Å²) in [5, 5.41) is 0. The SMILES string of the molecule is Cc1ccccc1-c1nc(CN2CC[C@@H]3CCCC[C@H]3C2)c(C)o1. The number of fused-ring (bicyclic) bond motifs is 1. The van der Waals surface area contributed by atoms with Gasteiger partial charge in [-0.1, -0.05) is 37.5 Å². The van der Waals surface area contributed by atoms with Crippen molar-refractivity contribution in [3.05, 3.63) is 41.3 Å². The Balaban J connectivity index is 1.48. The quantitative estimate of drug-likeness (QED) is 0.798. The number of rotatable bonds is 3. The van der Waals surface area contributed by atoms with E-state index < -0.39 is 0 Å². The normalized spacial score (nSPS) is 24.8. The van der Waals surface area contributed by atoms with Crippen molar-refractivity contribution >= 4 is 0 Å². The molecule has 2 aromatic rings. The van der Waals surface area contributed by atoms with Gasteiger partial charge in [0.05, 0.1) is 5.69 Å². The highest BCUT2D eigenvalue weighted by molar-refractivity contribution is 5.58. The van der Waals surface area contributed by atoms with E-state index in [2.05, 4.69) is 43.0 Å². The summed E-state index contributed by atoms with van der Waals surface area (Å²) in [6, 6.07) is 8.32. The molecule has 1 aliphatic carbocycles. The maximum absolute atomic E-state index is 5.99. The van der Waals surface area contributed by atoms with Crippen LogP contribution in [0.25, 0.3) is 11.5 Å². The number of oxazole rings is 1. The van der Waals surface area contributed by atoms with Gasteiger partial charge in [0.1, 0.15) is 5.76 Å². The third kappa shape index (κ3) is 3.14. The number of benzene rings is 1. The fourth-order valence-corrected chi connectivity index (χ4v) is 4.53. The van der Waals surface area contributed by atoms with Crippen LogP contribution in [0, 0.1) is 25.7 Å². The summed E-state index contributed by atoms with van der Waals surface area (Å²) in [5.41, 5.74) is 3.44. The first-order valence-electron chi connectivity index (χ1n) is 9.45. The van der Waals surface area contributed by atoms with Gasteiger partial charge in [-0.2, -0.15) is 0 Å². The molecule has 0 amide bonds. The maximum atomic E-state index is 5.99. The van der Waals surface area contributed by atoms with Crippen LogP contribution in [0.1, 0.15) is 49.1 Å². The summed E-state index contributed by atoms with van der Waals surface area (Å²) < 4.78 is 5.99. The lowest BCUT2D eigenvalue weighted by Gasteiger charge is -2.41. The number of aromatic nitrogens is 1. The van der Waals surface area contributed by atoms with Gasteiger partial charge in [0, 0.05) is 18.7 Å². The van der Waals surface area contributed by atoms with E-state index in [0.717, 1.165) is 41.3 Å². The molecule has 1 aromatic carbocycles. The Bertz CT molecular complexity index is 706. The highest BCUT2D eigenvalue weighted by Gasteiger charge is 2.31. The van der Waals surface area contributed by atoms with Gasteiger partial charge >= 0.3 is 0 Å². The monoisotopic (exact) mass is 324 g/mol. The molecule has 0 unspecified atom stereocenters.